The van der Waals surface area contributed by atoms with E-state index >= 15 is 0 Å². The molecule has 150 valence electrons. The second kappa shape index (κ2) is 7.21. The number of alkyl halides is 6. The highest BCUT2D eigenvalue weighted by Crippen LogP contribution is 2.44. The van der Waals surface area contributed by atoms with Crippen molar-refractivity contribution in [2.75, 3.05) is 5.32 Å². The number of non-ortho nitro benzene ring substituents is 1. The number of nitrogens with zero attached hydrogens (tertiary/aromatic N) is 2. The van der Waals surface area contributed by atoms with Crippen LogP contribution in [0, 0.1) is 20.2 Å². The molecule has 2 aromatic carbocycles. The largest absolute Gasteiger partial charge is 0.573 e. The van der Waals surface area contributed by atoms with E-state index in [1.165, 1.54) is 0 Å². The molecular weight excluding hydrogens is 404 g/mol. The molecule has 14 heteroatoms. The van der Waals surface area contributed by atoms with Gasteiger partial charge in [-0.3, -0.25) is 20.2 Å². The van der Waals surface area contributed by atoms with Crippen molar-refractivity contribution in [3.63, 3.8) is 0 Å². The van der Waals surface area contributed by atoms with Crippen LogP contribution in [0.4, 0.5) is 49.1 Å². The molecule has 8 nitrogen and oxygen atoms in total. The SMILES string of the molecule is O=[N+]([O-])c1cc([N+](=O)[O-])c(Nc2cccc(OC(F)(F)F)c2)c(C(F)(F)F)c1. The minimum Gasteiger partial charge on any atom is -0.406 e. The van der Waals surface area contributed by atoms with Crippen LogP contribution < -0.4 is 10.1 Å². The summed E-state index contributed by atoms with van der Waals surface area (Å²) in [7, 11) is 0. The van der Waals surface area contributed by atoms with Crippen LogP contribution in [0.15, 0.2) is 36.4 Å². The molecule has 0 heterocycles. The number of rotatable bonds is 5. The highest BCUT2D eigenvalue weighted by molar-refractivity contribution is 5.76. The van der Waals surface area contributed by atoms with Crippen molar-refractivity contribution in [2.45, 2.75) is 12.5 Å². The van der Waals surface area contributed by atoms with Gasteiger partial charge < -0.3 is 10.1 Å². The van der Waals surface area contributed by atoms with Crippen molar-refractivity contribution in [1.82, 2.24) is 0 Å². The number of ether oxygens (including phenoxy) is 1. The van der Waals surface area contributed by atoms with Crippen molar-refractivity contribution in [2.24, 2.45) is 0 Å². The second-order valence-corrected chi connectivity index (χ2v) is 5.10. The molecule has 0 amide bonds. The van der Waals surface area contributed by atoms with E-state index in [0.717, 1.165) is 18.2 Å². The van der Waals surface area contributed by atoms with Crippen LogP contribution in [0.1, 0.15) is 5.56 Å². The normalized spacial score (nSPS) is 11.8. The summed E-state index contributed by atoms with van der Waals surface area (Å²) in [6.07, 6.45) is -10.3. The predicted octanol–water partition coefficient (Wildman–Crippen LogP) is 5.16. The molecule has 0 radical (unpaired) electrons. The van der Waals surface area contributed by atoms with Gasteiger partial charge in [-0.1, -0.05) is 6.07 Å². The van der Waals surface area contributed by atoms with Gasteiger partial charge in [0.2, 0.25) is 0 Å². The van der Waals surface area contributed by atoms with Gasteiger partial charge in [-0.15, -0.1) is 13.2 Å². The van der Waals surface area contributed by atoms with Crippen molar-refractivity contribution in [1.29, 1.82) is 0 Å². The van der Waals surface area contributed by atoms with Gasteiger partial charge in [0.1, 0.15) is 11.4 Å². The molecule has 2 rings (SSSR count). The smallest absolute Gasteiger partial charge is 0.406 e. The fraction of sp³-hybridized carbons (Fsp3) is 0.143. The standard InChI is InChI=1S/C14H7F6N3O5/c15-13(16,17)10-5-8(22(24)25)6-11(23(26)27)12(10)21-7-2-1-3-9(4-7)28-14(18,19)20/h1-6,21H. The molecule has 0 aromatic heterocycles. The summed E-state index contributed by atoms with van der Waals surface area (Å²) in [5.74, 6) is -0.796. The minimum absolute atomic E-state index is 0.0748. The Balaban J connectivity index is 2.60. The first-order valence-electron chi connectivity index (χ1n) is 6.95. The van der Waals surface area contributed by atoms with Gasteiger partial charge in [0, 0.05) is 17.8 Å². The van der Waals surface area contributed by atoms with E-state index in [-0.39, 0.29) is 6.07 Å². The summed E-state index contributed by atoms with van der Waals surface area (Å²) >= 11 is 0. The summed E-state index contributed by atoms with van der Waals surface area (Å²) in [4.78, 5) is 19.4. The fourth-order valence-corrected chi connectivity index (χ4v) is 2.13. The average molecular weight is 411 g/mol. The zero-order valence-corrected chi connectivity index (χ0v) is 13.2. The summed E-state index contributed by atoms with van der Waals surface area (Å²) in [5, 5.41) is 23.9. The summed E-state index contributed by atoms with van der Waals surface area (Å²) in [6, 6.07) is 3.90. The first-order chi connectivity index (χ1) is 12.8. The maximum atomic E-state index is 13.3. The molecule has 0 bridgehead atoms. The number of anilines is 2. The number of hydrogen-bond donors (Lipinski definition) is 1. The number of hydrogen-bond acceptors (Lipinski definition) is 6. The number of benzene rings is 2. The van der Waals surface area contributed by atoms with E-state index in [1.54, 1.807) is 0 Å². The Bertz CT molecular complexity index is 929. The Hall–Kier alpha value is -3.58. The molecule has 0 fully saturated rings. The van der Waals surface area contributed by atoms with Crippen LogP contribution in [0.5, 0.6) is 5.75 Å². The Morgan fingerprint density at radius 2 is 1.57 bits per heavy atom. The lowest BCUT2D eigenvalue weighted by atomic mass is 10.1. The minimum atomic E-state index is -5.24. The summed E-state index contributed by atoms with van der Waals surface area (Å²) < 4.78 is 80.3. The number of nitro groups is 2. The van der Waals surface area contributed by atoms with Crippen LogP contribution in [0.2, 0.25) is 0 Å². The van der Waals surface area contributed by atoms with E-state index in [1.807, 2.05) is 5.32 Å². The van der Waals surface area contributed by atoms with Gasteiger partial charge in [-0.25, -0.2) is 0 Å². The molecule has 1 N–H and O–H groups in total. The third kappa shape index (κ3) is 4.99. The van der Waals surface area contributed by atoms with Crippen molar-refractivity contribution >= 4 is 22.7 Å². The first-order valence-corrected chi connectivity index (χ1v) is 6.95. The molecular formula is C14H7F6N3O5. The van der Waals surface area contributed by atoms with E-state index in [4.69, 9.17) is 0 Å². The zero-order valence-electron chi connectivity index (χ0n) is 13.2. The number of nitro benzene ring substituents is 2. The summed E-state index contributed by atoms with van der Waals surface area (Å²) in [6.45, 7) is 0. The summed E-state index contributed by atoms with van der Waals surface area (Å²) in [5.41, 5.74) is -5.80. The predicted molar refractivity (Wildman–Crippen MR) is 81.2 cm³/mol. The number of nitrogens with one attached hydrogen (secondary N) is 1. The third-order valence-electron chi connectivity index (χ3n) is 3.15. The maximum absolute atomic E-state index is 13.3. The van der Waals surface area contributed by atoms with Crippen molar-refractivity contribution in [3.8, 4) is 5.75 Å². The molecule has 0 spiro atoms. The highest BCUT2D eigenvalue weighted by atomic mass is 19.4. The van der Waals surface area contributed by atoms with Crippen LogP contribution in [-0.4, -0.2) is 16.2 Å². The average Bonchev–Trinajstić information content (AvgIpc) is 2.52. The zero-order chi connectivity index (χ0) is 21.3. The lowest BCUT2D eigenvalue weighted by Gasteiger charge is -2.15. The molecule has 2 aromatic rings. The van der Waals surface area contributed by atoms with E-state index in [9.17, 15) is 46.6 Å². The topological polar surface area (TPSA) is 108 Å². The lowest BCUT2D eigenvalue weighted by molar-refractivity contribution is -0.394. The van der Waals surface area contributed by atoms with Gasteiger partial charge >= 0.3 is 12.5 Å². The highest BCUT2D eigenvalue weighted by Gasteiger charge is 2.40. The van der Waals surface area contributed by atoms with Crippen LogP contribution >= 0.6 is 0 Å². The van der Waals surface area contributed by atoms with E-state index in [0.29, 0.717) is 12.1 Å². The first kappa shape index (κ1) is 20.7. The van der Waals surface area contributed by atoms with Crippen molar-refractivity contribution in [3.05, 3.63) is 62.2 Å². The van der Waals surface area contributed by atoms with Gasteiger partial charge in [-0.2, -0.15) is 13.2 Å². The van der Waals surface area contributed by atoms with Gasteiger partial charge in [0.25, 0.3) is 11.4 Å². The van der Waals surface area contributed by atoms with Gasteiger partial charge in [-0.05, 0) is 12.1 Å². The number of halogens is 6. The van der Waals surface area contributed by atoms with Crippen LogP contribution in [-0.2, 0) is 6.18 Å². The monoisotopic (exact) mass is 411 g/mol. The lowest BCUT2D eigenvalue weighted by Crippen LogP contribution is -2.17. The van der Waals surface area contributed by atoms with Crippen LogP contribution in [0.25, 0.3) is 0 Å². The van der Waals surface area contributed by atoms with Crippen LogP contribution in [0.3, 0.4) is 0 Å². The molecule has 0 aliphatic carbocycles. The van der Waals surface area contributed by atoms with Crippen molar-refractivity contribution < 1.29 is 40.9 Å². The molecule has 0 saturated heterocycles. The second-order valence-electron chi connectivity index (χ2n) is 5.10. The molecule has 0 aliphatic heterocycles. The molecule has 0 saturated carbocycles. The Morgan fingerprint density at radius 3 is 2.07 bits per heavy atom. The molecule has 0 atom stereocenters. The molecule has 0 unspecified atom stereocenters. The van der Waals surface area contributed by atoms with Gasteiger partial charge in [0.05, 0.1) is 21.5 Å². The van der Waals surface area contributed by atoms with E-state index in [2.05, 4.69) is 4.74 Å². The molecule has 0 aliphatic rings. The Morgan fingerprint density at radius 1 is 0.929 bits per heavy atom. The quantitative estimate of drug-likeness (QED) is 0.414. The fourth-order valence-electron chi connectivity index (χ4n) is 2.13. The maximum Gasteiger partial charge on any atom is 0.573 e. The Labute approximate surface area is 150 Å². The third-order valence-corrected chi connectivity index (χ3v) is 3.15. The molecule has 28 heavy (non-hydrogen) atoms. The van der Waals surface area contributed by atoms with E-state index < -0.39 is 56.4 Å². The van der Waals surface area contributed by atoms with Gasteiger partial charge in [0.15, 0.2) is 0 Å². The Kier molecular flexibility index (Phi) is 5.33.